The van der Waals surface area contributed by atoms with Crippen LogP contribution in [0.2, 0.25) is 0 Å². The summed E-state index contributed by atoms with van der Waals surface area (Å²) in [4.78, 5) is 0. The van der Waals surface area contributed by atoms with Crippen molar-refractivity contribution in [2.45, 2.75) is 70.2 Å². The Morgan fingerprint density at radius 3 is 2.80 bits per heavy atom. The van der Waals surface area contributed by atoms with Gasteiger partial charge in [0, 0.05) is 6.61 Å². The van der Waals surface area contributed by atoms with Gasteiger partial charge in [0.25, 0.3) is 0 Å². The van der Waals surface area contributed by atoms with Gasteiger partial charge in [-0.05, 0) is 25.7 Å². The van der Waals surface area contributed by atoms with Crippen molar-refractivity contribution >= 4 is 0 Å². The predicted octanol–water partition coefficient (Wildman–Crippen LogP) is 1.86. The smallest absolute Gasteiger partial charge is 0.0838 e. The first-order valence-electron chi connectivity index (χ1n) is 6.22. The Balaban J connectivity index is 2.15. The minimum Gasteiger partial charge on any atom is -0.396 e. The molecule has 1 saturated heterocycles. The van der Waals surface area contributed by atoms with Crippen molar-refractivity contribution < 1.29 is 14.9 Å². The van der Waals surface area contributed by atoms with E-state index in [0.717, 1.165) is 25.7 Å². The summed E-state index contributed by atoms with van der Waals surface area (Å²) in [6.07, 6.45) is 6.81. The zero-order valence-electron chi connectivity index (χ0n) is 9.69. The van der Waals surface area contributed by atoms with E-state index in [9.17, 15) is 5.11 Å². The largest absolute Gasteiger partial charge is 0.396 e. The molecule has 0 aromatic carbocycles. The lowest BCUT2D eigenvalue weighted by atomic mass is 10.0. The highest BCUT2D eigenvalue weighted by Crippen LogP contribution is 2.26. The quantitative estimate of drug-likeness (QED) is 0.639. The molecule has 0 aromatic rings. The average molecular weight is 216 g/mol. The fraction of sp³-hybridized carbons (Fsp3) is 1.00. The van der Waals surface area contributed by atoms with E-state index in [2.05, 4.69) is 6.92 Å². The number of aliphatic hydroxyl groups is 2. The van der Waals surface area contributed by atoms with Crippen molar-refractivity contribution in [3.63, 3.8) is 0 Å². The third kappa shape index (κ3) is 4.49. The second-order valence-electron chi connectivity index (χ2n) is 4.45. The Hall–Kier alpha value is -0.120. The molecule has 3 atom stereocenters. The van der Waals surface area contributed by atoms with Crippen LogP contribution in [0.5, 0.6) is 0 Å². The summed E-state index contributed by atoms with van der Waals surface area (Å²) in [6.45, 7) is 2.35. The van der Waals surface area contributed by atoms with Crippen LogP contribution in [0.3, 0.4) is 0 Å². The van der Waals surface area contributed by atoms with Gasteiger partial charge in [0.15, 0.2) is 0 Å². The van der Waals surface area contributed by atoms with Gasteiger partial charge in [0.2, 0.25) is 0 Å². The topological polar surface area (TPSA) is 49.7 Å². The molecule has 0 aliphatic carbocycles. The third-order valence-electron chi connectivity index (χ3n) is 3.12. The Morgan fingerprint density at radius 2 is 2.13 bits per heavy atom. The van der Waals surface area contributed by atoms with E-state index >= 15 is 0 Å². The maximum absolute atomic E-state index is 9.87. The first-order chi connectivity index (χ1) is 7.27. The van der Waals surface area contributed by atoms with Gasteiger partial charge in [-0.25, -0.2) is 0 Å². The molecule has 3 heteroatoms. The van der Waals surface area contributed by atoms with Crippen molar-refractivity contribution in [2.24, 2.45) is 0 Å². The van der Waals surface area contributed by atoms with Gasteiger partial charge in [-0.15, -0.1) is 0 Å². The molecule has 15 heavy (non-hydrogen) atoms. The van der Waals surface area contributed by atoms with Crippen LogP contribution in [0.1, 0.15) is 51.9 Å². The molecule has 0 saturated carbocycles. The van der Waals surface area contributed by atoms with Gasteiger partial charge in [0.05, 0.1) is 18.3 Å². The molecule has 1 aliphatic rings. The number of rotatable bonds is 7. The van der Waals surface area contributed by atoms with Crippen LogP contribution < -0.4 is 0 Å². The number of hydrogen-bond donors (Lipinski definition) is 2. The molecule has 1 aliphatic heterocycles. The van der Waals surface area contributed by atoms with Crippen molar-refractivity contribution in [2.75, 3.05) is 6.61 Å². The third-order valence-corrected chi connectivity index (χ3v) is 3.12. The summed E-state index contributed by atoms with van der Waals surface area (Å²) in [5, 5.41) is 18.7. The predicted molar refractivity (Wildman–Crippen MR) is 59.7 cm³/mol. The van der Waals surface area contributed by atoms with Gasteiger partial charge in [0.1, 0.15) is 0 Å². The fourth-order valence-corrected chi connectivity index (χ4v) is 2.16. The van der Waals surface area contributed by atoms with Crippen LogP contribution in [0, 0.1) is 0 Å². The Kier molecular flexibility index (Phi) is 6.22. The van der Waals surface area contributed by atoms with E-state index in [1.807, 2.05) is 0 Å². The standard InChI is InChI=1S/C12H24O3/c1-2-3-4-5-11(14)12-7-6-10(15-12)8-9-13/h10-14H,2-9H2,1H3/t10-,11+,12+/m0/s1. The van der Waals surface area contributed by atoms with Crippen LogP contribution in [0.4, 0.5) is 0 Å². The number of ether oxygens (including phenoxy) is 1. The highest BCUT2D eigenvalue weighted by molar-refractivity contribution is 4.79. The summed E-state index contributed by atoms with van der Waals surface area (Å²) in [5.41, 5.74) is 0. The highest BCUT2D eigenvalue weighted by Gasteiger charge is 2.29. The molecule has 0 bridgehead atoms. The SMILES string of the molecule is CCCCC[C@@H](O)[C@H]1CC[C@@H](CCO)O1. The van der Waals surface area contributed by atoms with Crippen molar-refractivity contribution in [1.29, 1.82) is 0 Å². The Morgan fingerprint density at radius 1 is 1.33 bits per heavy atom. The summed E-state index contributed by atoms with van der Waals surface area (Å²) in [6, 6.07) is 0. The lowest BCUT2D eigenvalue weighted by Gasteiger charge is -2.18. The molecular weight excluding hydrogens is 192 g/mol. The molecule has 0 spiro atoms. The van der Waals surface area contributed by atoms with Gasteiger partial charge < -0.3 is 14.9 Å². The highest BCUT2D eigenvalue weighted by atomic mass is 16.5. The van der Waals surface area contributed by atoms with Gasteiger partial charge in [-0.2, -0.15) is 0 Å². The van der Waals surface area contributed by atoms with E-state index < -0.39 is 0 Å². The van der Waals surface area contributed by atoms with E-state index in [4.69, 9.17) is 9.84 Å². The average Bonchev–Trinajstić information content (AvgIpc) is 2.67. The summed E-state index contributed by atoms with van der Waals surface area (Å²) in [7, 11) is 0. The van der Waals surface area contributed by atoms with Gasteiger partial charge in [-0.3, -0.25) is 0 Å². The number of unbranched alkanes of at least 4 members (excludes halogenated alkanes) is 2. The molecule has 2 N–H and O–H groups in total. The molecule has 0 aromatic heterocycles. The van der Waals surface area contributed by atoms with Crippen molar-refractivity contribution in [3.8, 4) is 0 Å². The van der Waals surface area contributed by atoms with Crippen LogP contribution in [0.25, 0.3) is 0 Å². The molecule has 90 valence electrons. The van der Waals surface area contributed by atoms with E-state index in [1.54, 1.807) is 0 Å². The number of aliphatic hydroxyl groups excluding tert-OH is 2. The normalized spacial score (nSPS) is 28.2. The molecular formula is C12H24O3. The molecule has 0 unspecified atom stereocenters. The summed E-state index contributed by atoms with van der Waals surface area (Å²) in [5.74, 6) is 0. The molecule has 1 fully saturated rings. The summed E-state index contributed by atoms with van der Waals surface area (Å²) >= 11 is 0. The molecule has 1 rings (SSSR count). The van der Waals surface area contributed by atoms with Crippen LogP contribution in [-0.4, -0.2) is 35.1 Å². The Labute approximate surface area is 92.4 Å². The second-order valence-corrected chi connectivity index (χ2v) is 4.45. The zero-order valence-corrected chi connectivity index (χ0v) is 9.69. The van der Waals surface area contributed by atoms with Crippen LogP contribution in [-0.2, 0) is 4.74 Å². The monoisotopic (exact) mass is 216 g/mol. The molecule has 0 amide bonds. The van der Waals surface area contributed by atoms with Gasteiger partial charge in [-0.1, -0.05) is 26.2 Å². The summed E-state index contributed by atoms with van der Waals surface area (Å²) < 4.78 is 5.68. The van der Waals surface area contributed by atoms with Crippen LogP contribution in [0.15, 0.2) is 0 Å². The van der Waals surface area contributed by atoms with Gasteiger partial charge >= 0.3 is 0 Å². The molecule has 3 nitrogen and oxygen atoms in total. The lowest BCUT2D eigenvalue weighted by Crippen LogP contribution is -2.26. The fourth-order valence-electron chi connectivity index (χ4n) is 2.16. The first kappa shape index (κ1) is 12.9. The maximum atomic E-state index is 9.87. The molecule has 1 heterocycles. The first-order valence-corrected chi connectivity index (χ1v) is 6.22. The minimum absolute atomic E-state index is 0.0124. The maximum Gasteiger partial charge on any atom is 0.0838 e. The zero-order chi connectivity index (χ0) is 11.1. The van der Waals surface area contributed by atoms with E-state index in [0.29, 0.717) is 6.42 Å². The van der Waals surface area contributed by atoms with E-state index in [1.165, 1.54) is 12.8 Å². The number of hydrogen-bond acceptors (Lipinski definition) is 3. The Bertz CT molecular complexity index is 161. The second kappa shape index (κ2) is 7.20. The minimum atomic E-state index is -0.305. The molecule has 0 radical (unpaired) electrons. The van der Waals surface area contributed by atoms with Crippen molar-refractivity contribution in [1.82, 2.24) is 0 Å². The lowest BCUT2D eigenvalue weighted by molar-refractivity contribution is -0.0429. The van der Waals surface area contributed by atoms with Crippen LogP contribution >= 0.6 is 0 Å². The van der Waals surface area contributed by atoms with E-state index in [-0.39, 0.29) is 24.9 Å². The van der Waals surface area contributed by atoms with Crippen molar-refractivity contribution in [3.05, 3.63) is 0 Å².